The van der Waals surface area contributed by atoms with Gasteiger partial charge in [-0.3, -0.25) is 0 Å². The second kappa shape index (κ2) is 5.23. The second-order valence-electron chi connectivity index (χ2n) is 4.00. The Morgan fingerprint density at radius 2 is 1.69 bits per heavy atom. The SMILES string of the molecule is CCCCc1ccc([SiH](C)C)cc1. The quantitative estimate of drug-likeness (QED) is 0.644. The van der Waals surface area contributed by atoms with Crippen molar-refractivity contribution in [1.29, 1.82) is 0 Å². The minimum absolute atomic E-state index is 0.577. The molecular formula is C12H20Si. The topological polar surface area (TPSA) is 0 Å². The molecule has 0 bridgehead atoms. The molecule has 1 aromatic carbocycles. The molecule has 0 aliphatic heterocycles. The van der Waals surface area contributed by atoms with Gasteiger partial charge in [-0.2, -0.15) is 0 Å². The predicted molar refractivity (Wildman–Crippen MR) is 63.6 cm³/mol. The Morgan fingerprint density at radius 1 is 1.08 bits per heavy atom. The fourth-order valence-electron chi connectivity index (χ4n) is 1.45. The van der Waals surface area contributed by atoms with Crippen molar-refractivity contribution in [1.82, 2.24) is 0 Å². The van der Waals surface area contributed by atoms with Gasteiger partial charge >= 0.3 is 0 Å². The van der Waals surface area contributed by atoms with Crippen LogP contribution in [0.5, 0.6) is 0 Å². The van der Waals surface area contributed by atoms with E-state index in [9.17, 15) is 0 Å². The Bertz CT molecular complexity index is 236. The highest BCUT2D eigenvalue weighted by molar-refractivity contribution is 6.70. The molecule has 72 valence electrons. The average molecular weight is 192 g/mol. The summed E-state index contributed by atoms with van der Waals surface area (Å²) in [6.07, 6.45) is 3.86. The van der Waals surface area contributed by atoms with Crippen LogP contribution in [0.3, 0.4) is 0 Å². The fourth-order valence-corrected chi connectivity index (χ4v) is 2.41. The van der Waals surface area contributed by atoms with E-state index in [1.54, 1.807) is 5.19 Å². The van der Waals surface area contributed by atoms with Crippen molar-refractivity contribution in [2.75, 3.05) is 0 Å². The van der Waals surface area contributed by atoms with E-state index in [2.05, 4.69) is 44.3 Å². The fraction of sp³-hybridized carbons (Fsp3) is 0.500. The minimum atomic E-state index is -0.577. The molecule has 0 aromatic heterocycles. The second-order valence-corrected chi connectivity index (χ2v) is 6.98. The van der Waals surface area contributed by atoms with Crippen molar-refractivity contribution in [3.05, 3.63) is 29.8 Å². The number of hydrogen-bond donors (Lipinski definition) is 0. The summed E-state index contributed by atoms with van der Waals surface area (Å²) in [7, 11) is -0.577. The van der Waals surface area contributed by atoms with E-state index in [1.165, 1.54) is 24.8 Å². The van der Waals surface area contributed by atoms with Gasteiger partial charge in [0.05, 0.1) is 8.80 Å². The van der Waals surface area contributed by atoms with Gasteiger partial charge in [0.15, 0.2) is 0 Å². The molecule has 0 heterocycles. The van der Waals surface area contributed by atoms with Gasteiger partial charge in [0.2, 0.25) is 0 Å². The lowest BCUT2D eigenvalue weighted by Crippen LogP contribution is -2.21. The van der Waals surface area contributed by atoms with Gasteiger partial charge in [-0.25, -0.2) is 0 Å². The Balaban J connectivity index is 2.59. The summed E-state index contributed by atoms with van der Waals surface area (Å²) in [4.78, 5) is 0. The van der Waals surface area contributed by atoms with Crippen molar-refractivity contribution >= 4 is 14.0 Å². The van der Waals surface area contributed by atoms with Crippen LogP contribution in [0.1, 0.15) is 25.3 Å². The van der Waals surface area contributed by atoms with Gasteiger partial charge in [-0.15, -0.1) is 0 Å². The molecule has 1 heteroatoms. The van der Waals surface area contributed by atoms with Crippen molar-refractivity contribution in [3.8, 4) is 0 Å². The van der Waals surface area contributed by atoms with Gasteiger partial charge < -0.3 is 0 Å². The molecule has 0 aliphatic rings. The normalized spacial score (nSPS) is 10.8. The van der Waals surface area contributed by atoms with Gasteiger partial charge in [0.25, 0.3) is 0 Å². The molecule has 0 radical (unpaired) electrons. The van der Waals surface area contributed by atoms with Crippen LogP contribution in [-0.4, -0.2) is 8.80 Å². The number of aryl methyl sites for hydroxylation is 1. The van der Waals surface area contributed by atoms with Crippen molar-refractivity contribution in [2.45, 2.75) is 39.3 Å². The summed E-state index contributed by atoms with van der Waals surface area (Å²) in [6, 6.07) is 9.25. The molecule has 0 saturated carbocycles. The maximum absolute atomic E-state index is 2.38. The third-order valence-electron chi connectivity index (χ3n) is 2.47. The smallest absolute Gasteiger partial charge is 0.0647 e. The van der Waals surface area contributed by atoms with Crippen molar-refractivity contribution < 1.29 is 0 Å². The Kier molecular flexibility index (Phi) is 4.23. The molecule has 0 saturated heterocycles. The lowest BCUT2D eigenvalue weighted by atomic mass is 10.1. The summed E-state index contributed by atoms with van der Waals surface area (Å²) in [6.45, 7) is 7.00. The lowest BCUT2D eigenvalue weighted by Gasteiger charge is -2.05. The number of unbranched alkanes of at least 4 members (excludes halogenated alkanes) is 1. The molecule has 0 N–H and O–H groups in total. The zero-order valence-electron chi connectivity index (χ0n) is 9.01. The van der Waals surface area contributed by atoms with Gasteiger partial charge in [-0.05, 0) is 18.4 Å². The van der Waals surface area contributed by atoms with Crippen LogP contribution in [0.4, 0.5) is 0 Å². The highest BCUT2D eigenvalue weighted by Gasteiger charge is 1.99. The zero-order chi connectivity index (χ0) is 9.68. The standard InChI is InChI=1S/C12H20Si/c1-4-5-6-11-7-9-12(10-8-11)13(2)3/h7-10,13H,4-6H2,1-3H3. The van der Waals surface area contributed by atoms with Crippen LogP contribution in [-0.2, 0) is 6.42 Å². The van der Waals surface area contributed by atoms with E-state index in [4.69, 9.17) is 0 Å². The van der Waals surface area contributed by atoms with Crippen molar-refractivity contribution in [3.63, 3.8) is 0 Å². The molecule has 0 amide bonds. The molecule has 0 nitrogen and oxygen atoms in total. The van der Waals surface area contributed by atoms with Crippen LogP contribution < -0.4 is 5.19 Å². The maximum Gasteiger partial charge on any atom is 0.0647 e. The predicted octanol–water partition coefficient (Wildman–Crippen LogP) is 2.72. The first-order valence-electron chi connectivity index (χ1n) is 5.33. The van der Waals surface area contributed by atoms with E-state index in [-0.39, 0.29) is 0 Å². The first kappa shape index (κ1) is 10.5. The van der Waals surface area contributed by atoms with Gasteiger partial charge in [-0.1, -0.05) is 55.9 Å². The monoisotopic (exact) mass is 192 g/mol. The van der Waals surface area contributed by atoms with Crippen LogP contribution in [0.25, 0.3) is 0 Å². The number of rotatable bonds is 4. The first-order valence-corrected chi connectivity index (χ1v) is 8.21. The molecule has 1 rings (SSSR count). The highest BCUT2D eigenvalue weighted by atomic mass is 28.3. The summed E-state index contributed by atoms with van der Waals surface area (Å²) in [5.41, 5.74) is 1.50. The van der Waals surface area contributed by atoms with Crippen LogP contribution >= 0.6 is 0 Å². The molecule has 0 spiro atoms. The summed E-state index contributed by atoms with van der Waals surface area (Å²) < 4.78 is 0. The first-order chi connectivity index (χ1) is 6.24. The lowest BCUT2D eigenvalue weighted by molar-refractivity contribution is 0.795. The summed E-state index contributed by atoms with van der Waals surface area (Å²) in [5, 5.41) is 1.58. The van der Waals surface area contributed by atoms with Crippen LogP contribution in [0.15, 0.2) is 24.3 Å². The molecule has 13 heavy (non-hydrogen) atoms. The average Bonchev–Trinajstić information content (AvgIpc) is 2.15. The minimum Gasteiger partial charge on any atom is -0.0682 e. The summed E-state index contributed by atoms with van der Waals surface area (Å²) in [5.74, 6) is 0. The zero-order valence-corrected chi connectivity index (χ0v) is 10.2. The molecule has 0 fully saturated rings. The Labute approximate surface area is 83.6 Å². The van der Waals surface area contributed by atoms with Gasteiger partial charge in [0, 0.05) is 0 Å². The third kappa shape index (κ3) is 3.35. The van der Waals surface area contributed by atoms with E-state index in [0.29, 0.717) is 0 Å². The van der Waals surface area contributed by atoms with E-state index < -0.39 is 8.80 Å². The molecule has 0 aliphatic carbocycles. The van der Waals surface area contributed by atoms with Crippen LogP contribution in [0, 0.1) is 0 Å². The van der Waals surface area contributed by atoms with Gasteiger partial charge in [0.1, 0.15) is 0 Å². The number of benzene rings is 1. The van der Waals surface area contributed by atoms with E-state index in [0.717, 1.165) is 0 Å². The highest BCUT2D eigenvalue weighted by Crippen LogP contribution is 2.03. The van der Waals surface area contributed by atoms with Crippen LogP contribution in [0.2, 0.25) is 13.1 Å². The molecular weight excluding hydrogens is 172 g/mol. The molecule has 0 atom stereocenters. The third-order valence-corrected chi connectivity index (χ3v) is 4.18. The Hall–Kier alpha value is -0.563. The Morgan fingerprint density at radius 3 is 2.15 bits per heavy atom. The van der Waals surface area contributed by atoms with Crippen molar-refractivity contribution in [2.24, 2.45) is 0 Å². The van der Waals surface area contributed by atoms with E-state index >= 15 is 0 Å². The molecule has 1 aromatic rings. The molecule has 0 unspecified atom stereocenters. The van der Waals surface area contributed by atoms with E-state index in [1.807, 2.05) is 0 Å². The largest absolute Gasteiger partial charge is 0.0682 e. The maximum atomic E-state index is 2.38. The number of hydrogen-bond acceptors (Lipinski definition) is 0. The summed E-state index contributed by atoms with van der Waals surface area (Å²) >= 11 is 0.